The second-order valence-electron chi connectivity index (χ2n) is 5.43. The van der Waals surface area contributed by atoms with Gasteiger partial charge in [-0.1, -0.05) is 41.0 Å². The average Bonchev–Trinajstić information content (AvgIpc) is 3.12. The molecule has 2 aromatic carbocycles. The fourth-order valence-corrected chi connectivity index (χ4v) is 2.43. The molecule has 0 unspecified atom stereocenters. The number of hydrogen-bond donors (Lipinski definition) is 2. The molecule has 0 saturated heterocycles. The van der Waals surface area contributed by atoms with Crippen LogP contribution in [0.4, 0.5) is 4.39 Å². The van der Waals surface area contributed by atoms with Gasteiger partial charge in [0, 0.05) is 24.2 Å². The predicted octanol–water partition coefficient (Wildman–Crippen LogP) is 3.39. The van der Waals surface area contributed by atoms with Crippen LogP contribution in [0.3, 0.4) is 0 Å². The molecule has 26 heavy (non-hydrogen) atoms. The predicted molar refractivity (Wildman–Crippen MR) is 98.2 cm³/mol. The number of nitrogens with zero attached hydrogens (tertiary/aromatic N) is 3. The molecule has 0 amide bonds. The SMILES string of the molecule is CN=C(NCc1ccc(F)cc1)NCc1nc(-c2cccc(Cl)c2)no1. The molecule has 0 bridgehead atoms. The zero-order chi connectivity index (χ0) is 18.4. The smallest absolute Gasteiger partial charge is 0.246 e. The largest absolute Gasteiger partial charge is 0.352 e. The fourth-order valence-electron chi connectivity index (χ4n) is 2.24. The van der Waals surface area contributed by atoms with Gasteiger partial charge in [-0.05, 0) is 29.8 Å². The number of hydrogen-bond acceptors (Lipinski definition) is 4. The van der Waals surface area contributed by atoms with Crippen molar-refractivity contribution in [2.24, 2.45) is 4.99 Å². The van der Waals surface area contributed by atoms with Crippen molar-refractivity contribution in [3.05, 3.63) is 70.8 Å². The lowest BCUT2D eigenvalue weighted by molar-refractivity contribution is 0.375. The summed E-state index contributed by atoms with van der Waals surface area (Å²) >= 11 is 5.97. The Kier molecular flexibility index (Phi) is 5.80. The van der Waals surface area contributed by atoms with E-state index in [1.54, 1.807) is 31.3 Å². The number of aliphatic imine (C=N–C) groups is 1. The van der Waals surface area contributed by atoms with Crippen molar-refractivity contribution in [2.75, 3.05) is 7.05 Å². The Bertz CT molecular complexity index is 895. The van der Waals surface area contributed by atoms with Crippen molar-refractivity contribution in [1.29, 1.82) is 0 Å². The normalized spacial score (nSPS) is 11.4. The summed E-state index contributed by atoms with van der Waals surface area (Å²) < 4.78 is 18.2. The van der Waals surface area contributed by atoms with E-state index in [9.17, 15) is 4.39 Å². The number of rotatable bonds is 5. The van der Waals surface area contributed by atoms with Crippen LogP contribution >= 0.6 is 11.6 Å². The third kappa shape index (κ3) is 4.80. The standard InChI is InChI=1S/C18H17ClFN5O/c1-21-18(22-10-12-5-7-15(20)8-6-12)23-11-16-24-17(25-26-16)13-3-2-4-14(19)9-13/h2-9H,10-11H2,1H3,(H2,21,22,23). The maximum absolute atomic E-state index is 12.9. The molecule has 0 spiro atoms. The van der Waals surface area contributed by atoms with E-state index in [-0.39, 0.29) is 5.82 Å². The maximum Gasteiger partial charge on any atom is 0.246 e. The number of aromatic nitrogens is 2. The molecule has 0 radical (unpaired) electrons. The van der Waals surface area contributed by atoms with E-state index in [4.69, 9.17) is 16.1 Å². The van der Waals surface area contributed by atoms with Gasteiger partial charge in [-0.2, -0.15) is 4.98 Å². The van der Waals surface area contributed by atoms with Crippen LogP contribution < -0.4 is 10.6 Å². The summed E-state index contributed by atoms with van der Waals surface area (Å²) in [4.78, 5) is 8.46. The zero-order valence-corrected chi connectivity index (χ0v) is 14.8. The third-order valence-corrected chi connectivity index (χ3v) is 3.79. The van der Waals surface area contributed by atoms with Gasteiger partial charge >= 0.3 is 0 Å². The molecule has 0 aliphatic carbocycles. The summed E-state index contributed by atoms with van der Waals surface area (Å²) in [5.41, 5.74) is 1.72. The van der Waals surface area contributed by atoms with Crippen LogP contribution in [0.1, 0.15) is 11.5 Å². The van der Waals surface area contributed by atoms with Crippen LogP contribution in [0.5, 0.6) is 0 Å². The molecule has 6 nitrogen and oxygen atoms in total. The third-order valence-electron chi connectivity index (χ3n) is 3.55. The molecule has 0 aliphatic rings. The average molecular weight is 374 g/mol. The van der Waals surface area contributed by atoms with E-state index in [1.165, 1.54) is 12.1 Å². The Morgan fingerprint density at radius 1 is 1.15 bits per heavy atom. The Morgan fingerprint density at radius 3 is 2.65 bits per heavy atom. The van der Waals surface area contributed by atoms with E-state index in [0.717, 1.165) is 11.1 Å². The van der Waals surface area contributed by atoms with Gasteiger partial charge in [-0.15, -0.1) is 0 Å². The Labute approximate surface area is 155 Å². The molecule has 0 atom stereocenters. The number of nitrogens with one attached hydrogen (secondary N) is 2. The van der Waals surface area contributed by atoms with E-state index < -0.39 is 0 Å². The first-order valence-electron chi connectivity index (χ1n) is 7.91. The molecule has 0 saturated carbocycles. The highest BCUT2D eigenvalue weighted by atomic mass is 35.5. The van der Waals surface area contributed by atoms with Crippen LogP contribution in [-0.4, -0.2) is 23.1 Å². The van der Waals surface area contributed by atoms with Crippen molar-refractivity contribution in [1.82, 2.24) is 20.8 Å². The van der Waals surface area contributed by atoms with Crippen molar-refractivity contribution < 1.29 is 8.91 Å². The minimum absolute atomic E-state index is 0.261. The van der Waals surface area contributed by atoms with Gasteiger partial charge in [0.1, 0.15) is 5.82 Å². The summed E-state index contributed by atoms with van der Waals surface area (Å²) in [5.74, 6) is 1.20. The van der Waals surface area contributed by atoms with E-state index in [2.05, 4.69) is 25.8 Å². The monoisotopic (exact) mass is 373 g/mol. The number of benzene rings is 2. The molecule has 2 N–H and O–H groups in total. The molecule has 134 valence electrons. The van der Waals surface area contributed by atoms with Crippen molar-refractivity contribution in [3.8, 4) is 11.4 Å². The summed E-state index contributed by atoms with van der Waals surface area (Å²) in [6, 6.07) is 13.5. The van der Waals surface area contributed by atoms with Crippen LogP contribution in [-0.2, 0) is 13.1 Å². The van der Waals surface area contributed by atoms with E-state index >= 15 is 0 Å². The highest BCUT2D eigenvalue weighted by molar-refractivity contribution is 6.30. The Balaban J connectivity index is 1.55. The first kappa shape index (κ1) is 17.9. The summed E-state index contributed by atoms with van der Waals surface area (Å²) in [6.45, 7) is 0.828. The Hall–Kier alpha value is -2.93. The lowest BCUT2D eigenvalue weighted by Crippen LogP contribution is -2.36. The molecule has 1 heterocycles. The van der Waals surface area contributed by atoms with Crippen molar-refractivity contribution >= 4 is 17.6 Å². The number of guanidine groups is 1. The molecule has 0 aliphatic heterocycles. The second-order valence-corrected chi connectivity index (χ2v) is 5.86. The first-order chi connectivity index (χ1) is 12.6. The lowest BCUT2D eigenvalue weighted by atomic mass is 10.2. The molecule has 3 aromatic rings. The fraction of sp³-hybridized carbons (Fsp3) is 0.167. The molecule has 0 fully saturated rings. The Morgan fingerprint density at radius 2 is 1.92 bits per heavy atom. The van der Waals surface area contributed by atoms with Gasteiger partial charge in [-0.3, -0.25) is 4.99 Å². The quantitative estimate of drug-likeness (QED) is 0.529. The lowest BCUT2D eigenvalue weighted by Gasteiger charge is -2.10. The second kappa shape index (κ2) is 8.44. The van der Waals surface area contributed by atoms with Crippen LogP contribution in [0.25, 0.3) is 11.4 Å². The molecule has 3 rings (SSSR count). The highest BCUT2D eigenvalue weighted by Gasteiger charge is 2.09. The summed E-state index contributed by atoms with van der Waals surface area (Å²) in [5, 5.41) is 10.8. The van der Waals surface area contributed by atoms with Gasteiger partial charge in [0.2, 0.25) is 11.7 Å². The molecule has 8 heteroatoms. The van der Waals surface area contributed by atoms with E-state index in [1.807, 2.05) is 12.1 Å². The van der Waals surface area contributed by atoms with Gasteiger partial charge in [0.15, 0.2) is 5.96 Å². The highest BCUT2D eigenvalue weighted by Crippen LogP contribution is 2.19. The topological polar surface area (TPSA) is 75.3 Å². The zero-order valence-electron chi connectivity index (χ0n) is 14.0. The number of halogens is 2. The molecular weight excluding hydrogens is 357 g/mol. The van der Waals surface area contributed by atoms with Crippen molar-refractivity contribution in [3.63, 3.8) is 0 Å². The van der Waals surface area contributed by atoms with Crippen molar-refractivity contribution in [2.45, 2.75) is 13.1 Å². The maximum atomic E-state index is 12.9. The van der Waals surface area contributed by atoms with Gasteiger partial charge in [-0.25, -0.2) is 4.39 Å². The van der Waals surface area contributed by atoms with Crippen LogP contribution in [0, 0.1) is 5.82 Å². The van der Waals surface area contributed by atoms with Gasteiger partial charge in [0.05, 0.1) is 6.54 Å². The van der Waals surface area contributed by atoms with Gasteiger partial charge in [0.25, 0.3) is 0 Å². The summed E-state index contributed by atoms with van der Waals surface area (Å²) in [6.07, 6.45) is 0. The molecule has 1 aromatic heterocycles. The minimum Gasteiger partial charge on any atom is -0.352 e. The minimum atomic E-state index is -0.261. The summed E-state index contributed by atoms with van der Waals surface area (Å²) in [7, 11) is 1.66. The van der Waals surface area contributed by atoms with Crippen LogP contribution in [0.2, 0.25) is 5.02 Å². The first-order valence-corrected chi connectivity index (χ1v) is 8.29. The van der Waals surface area contributed by atoms with E-state index in [0.29, 0.717) is 35.8 Å². The molecular formula is C18H17ClFN5O. The van der Waals surface area contributed by atoms with Gasteiger partial charge < -0.3 is 15.2 Å². The van der Waals surface area contributed by atoms with Crippen LogP contribution in [0.15, 0.2) is 58.0 Å².